The van der Waals surface area contributed by atoms with E-state index in [2.05, 4.69) is 15.2 Å². The fourth-order valence-corrected chi connectivity index (χ4v) is 5.01. The smallest absolute Gasteiger partial charge is 0.206 e. The molecule has 0 unspecified atom stereocenters. The number of aromatic nitrogens is 2. The van der Waals surface area contributed by atoms with Crippen LogP contribution in [-0.4, -0.2) is 92.1 Å². The van der Waals surface area contributed by atoms with Crippen molar-refractivity contribution in [3.05, 3.63) is 54.1 Å². The number of nitrogens with one attached hydrogen (secondary N) is 1. The Morgan fingerprint density at radius 1 is 1.03 bits per heavy atom. The maximum absolute atomic E-state index is 10.6. The second-order valence-electron chi connectivity index (χ2n) is 9.41. The van der Waals surface area contributed by atoms with Crippen LogP contribution in [0.1, 0.15) is 24.6 Å². The van der Waals surface area contributed by atoms with Crippen molar-refractivity contribution in [3.63, 3.8) is 0 Å². The number of imidazole rings is 1. The largest absolute Gasteiger partial charge is 0.490 e. The average molecular weight is 499 g/mol. The molecule has 5 rings (SSSR count). The van der Waals surface area contributed by atoms with Gasteiger partial charge < -0.3 is 40.1 Å². The number of likely N-dealkylation sites (tertiary alicyclic amines) is 1. The number of piperidine rings is 1. The van der Waals surface area contributed by atoms with Crippen LogP contribution in [0.5, 0.6) is 5.75 Å². The summed E-state index contributed by atoms with van der Waals surface area (Å²) in [6, 6.07) is 15.4. The molecule has 2 aliphatic rings. The van der Waals surface area contributed by atoms with Gasteiger partial charge in [-0.25, -0.2) is 4.98 Å². The highest BCUT2D eigenvalue weighted by molar-refractivity contribution is 5.78. The molecule has 10 heteroatoms. The lowest BCUT2D eigenvalue weighted by atomic mass is 10.1. The Hall–Kier alpha value is -2.73. The van der Waals surface area contributed by atoms with E-state index in [0.717, 1.165) is 48.3 Å². The molecule has 0 radical (unpaired) electrons. The van der Waals surface area contributed by atoms with Gasteiger partial charge in [0.2, 0.25) is 5.95 Å². The number of rotatable bonds is 9. The molecule has 0 bridgehead atoms. The topological polar surface area (TPSA) is 132 Å². The number of hydrogen-bond donors (Lipinski definition) is 5. The van der Waals surface area contributed by atoms with E-state index >= 15 is 0 Å². The monoisotopic (exact) mass is 498 g/mol. The van der Waals surface area contributed by atoms with Crippen molar-refractivity contribution < 1.29 is 29.9 Å². The van der Waals surface area contributed by atoms with Gasteiger partial charge in [-0.3, -0.25) is 4.57 Å². The molecule has 3 aromatic rings. The van der Waals surface area contributed by atoms with Gasteiger partial charge in [0.15, 0.2) is 6.23 Å². The van der Waals surface area contributed by atoms with E-state index in [1.807, 2.05) is 48.5 Å². The van der Waals surface area contributed by atoms with Gasteiger partial charge in [0.1, 0.15) is 30.2 Å². The van der Waals surface area contributed by atoms with Gasteiger partial charge in [0.05, 0.1) is 24.2 Å². The van der Waals surface area contributed by atoms with Crippen LogP contribution in [0.2, 0.25) is 0 Å². The van der Waals surface area contributed by atoms with Gasteiger partial charge in [0, 0.05) is 26.2 Å². The van der Waals surface area contributed by atoms with Gasteiger partial charge >= 0.3 is 0 Å². The minimum absolute atomic E-state index is 0.152. The van der Waals surface area contributed by atoms with E-state index < -0.39 is 31.1 Å². The van der Waals surface area contributed by atoms with Gasteiger partial charge in [0.25, 0.3) is 0 Å². The summed E-state index contributed by atoms with van der Waals surface area (Å²) in [5, 5.41) is 42.9. The fraction of sp³-hybridized carbons (Fsp3) is 0.500. The molecule has 3 heterocycles. The number of nitrogens with zero attached hydrogens (tertiary/aromatic N) is 3. The second kappa shape index (κ2) is 11.1. The number of aliphatic hydroxyl groups excluding tert-OH is 4. The van der Waals surface area contributed by atoms with Gasteiger partial charge in [-0.15, -0.1) is 0 Å². The highest BCUT2D eigenvalue weighted by atomic mass is 16.6. The first-order valence-electron chi connectivity index (χ1n) is 12.5. The molecule has 2 aromatic carbocycles. The number of ether oxygens (including phenoxy) is 2. The molecule has 0 amide bonds. The molecule has 36 heavy (non-hydrogen) atoms. The summed E-state index contributed by atoms with van der Waals surface area (Å²) in [5.74, 6) is 1.31. The van der Waals surface area contributed by atoms with Crippen molar-refractivity contribution in [1.82, 2.24) is 14.5 Å². The SMILES string of the molecule is OCCN1CCC(Oc2cccc(CNc3nc4ccccc4n3[C@@H]3O[C@H](CO)[C@@H](O)[C@H]3O)c2)CC1. The van der Waals surface area contributed by atoms with E-state index in [1.54, 1.807) is 4.57 Å². The standard InChI is InChI=1S/C26H34N4O6/c31-13-12-29-10-8-18(9-11-29)35-19-5-3-4-17(14-19)15-27-26-28-20-6-1-2-7-21(20)30(26)25-24(34)23(33)22(16-32)36-25/h1-7,14,18,22-25,31-34H,8-13,15-16H2,(H,27,28)/t22-,23-,24-,25-/m1/s1. The third-order valence-electron chi connectivity index (χ3n) is 6.97. The van der Waals surface area contributed by atoms with Crippen LogP contribution in [0.4, 0.5) is 5.95 Å². The van der Waals surface area contributed by atoms with Gasteiger partial charge in [-0.2, -0.15) is 0 Å². The number of β-amino-alcohol motifs (C(OH)–C–C–N with tert-alkyl or cyclic N) is 1. The Morgan fingerprint density at radius 3 is 2.58 bits per heavy atom. The normalized spacial score (nSPS) is 25.4. The van der Waals surface area contributed by atoms with E-state index in [-0.39, 0.29) is 12.7 Å². The van der Waals surface area contributed by atoms with Crippen molar-refractivity contribution in [3.8, 4) is 5.75 Å². The predicted octanol–water partition coefficient (Wildman–Crippen LogP) is 1.10. The Labute approximate surface area is 209 Å². The quantitative estimate of drug-likeness (QED) is 0.294. The van der Waals surface area contributed by atoms with Crippen LogP contribution in [0.25, 0.3) is 11.0 Å². The Balaban J connectivity index is 1.29. The number of hydrogen-bond acceptors (Lipinski definition) is 9. The van der Waals surface area contributed by atoms with E-state index in [1.165, 1.54) is 0 Å². The molecule has 4 atom stereocenters. The minimum atomic E-state index is -1.21. The maximum Gasteiger partial charge on any atom is 0.206 e. The van der Waals surface area contributed by atoms with E-state index in [0.29, 0.717) is 19.0 Å². The van der Waals surface area contributed by atoms with Crippen molar-refractivity contribution in [2.75, 3.05) is 38.2 Å². The first-order valence-corrected chi connectivity index (χ1v) is 12.5. The number of benzene rings is 2. The molecule has 0 saturated carbocycles. The zero-order valence-corrected chi connectivity index (χ0v) is 20.1. The molecule has 194 valence electrons. The molecular formula is C26H34N4O6. The number of para-hydroxylation sites is 2. The van der Waals surface area contributed by atoms with Crippen molar-refractivity contribution in [2.45, 2.75) is 50.0 Å². The van der Waals surface area contributed by atoms with Crippen LogP contribution < -0.4 is 10.1 Å². The lowest BCUT2D eigenvalue weighted by Crippen LogP contribution is -2.39. The average Bonchev–Trinajstić information content (AvgIpc) is 3.40. The summed E-state index contributed by atoms with van der Waals surface area (Å²) in [7, 11) is 0. The van der Waals surface area contributed by atoms with Crippen LogP contribution in [0.3, 0.4) is 0 Å². The first-order chi connectivity index (χ1) is 17.6. The van der Waals surface area contributed by atoms with E-state index in [4.69, 9.17) is 14.6 Å². The van der Waals surface area contributed by atoms with Crippen molar-refractivity contribution in [1.29, 1.82) is 0 Å². The fourth-order valence-electron chi connectivity index (χ4n) is 5.01. The zero-order chi connectivity index (χ0) is 25.1. The maximum atomic E-state index is 10.6. The summed E-state index contributed by atoms with van der Waals surface area (Å²) in [6.07, 6.45) is -2.16. The lowest BCUT2D eigenvalue weighted by molar-refractivity contribution is -0.0499. The summed E-state index contributed by atoms with van der Waals surface area (Å²) in [6.45, 7) is 2.80. The summed E-state index contributed by atoms with van der Waals surface area (Å²) in [5.41, 5.74) is 2.48. The minimum Gasteiger partial charge on any atom is -0.490 e. The molecule has 2 fully saturated rings. The summed E-state index contributed by atoms with van der Waals surface area (Å²) in [4.78, 5) is 6.93. The molecule has 0 spiro atoms. The van der Waals surface area contributed by atoms with Crippen LogP contribution in [-0.2, 0) is 11.3 Å². The number of anilines is 1. The zero-order valence-electron chi connectivity index (χ0n) is 20.1. The summed E-state index contributed by atoms with van der Waals surface area (Å²) < 4.78 is 13.8. The lowest BCUT2D eigenvalue weighted by Gasteiger charge is -2.31. The second-order valence-corrected chi connectivity index (χ2v) is 9.41. The molecular weight excluding hydrogens is 464 g/mol. The van der Waals surface area contributed by atoms with Crippen molar-refractivity contribution in [2.24, 2.45) is 0 Å². The first kappa shape index (κ1) is 24.9. The Kier molecular flexibility index (Phi) is 7.70. The molecule has 1 aromatic heterocycles. The molecule has 2 aliphatic heterocycles. The molecule has 5 N–H and O–H groups in total. The van der Waals surface area contributed by atoms with Gasteiger partial charge in [-0.1, -0.05) is 24.3 Å². The number of aliphatic hydroxyl groups is 4. The predicted molar refractivity (Wildman–Crippen MR) is 134 cm³/mol. The summed E-state index contributed by atoms with van der Waals surface area (Å²) >= 11 is 0. The molecule has 0 aliphatic carbocycles. The van der Waals surface area contributed by atoms with Crippen LogP contribution in [0, 0.1) is 0 Å². The van der Waals surface area contributed by atoms with E-state index in [9.17, 15) is 15.3 Å². The highest BCUT2D eigenvalue weighted by Gasteiger charge is 2.44. The molecule has 10 nitrogen and oxygen atoms in total. The number of fused-ring (bicyclic) bond motifs is 1. The third-order valence-corrected chi connectivity index (χ3v) is 6.97. The van der Waals surface area contributed by atoms with Crippen molar-refractivity contribution >= 4 is 17.0 Å². The van der Waals surface area contributed by atoms with Crippen LogP contribution >= 0.6 is 0 Å². The molecule has 2 saturated heterocycles. The Bertz CT molecular complexity index is 1150. The Morgan fingerprint density at radius 2 is 1.83 bits per heavy atom. The van der Waals surface area contributed by atoms with Gasteiger partial charge in [-0.05, 0) is 42.7 Å². The highest BCUT2D eigenvalue weighted by Crippen LogP contribution is 2.35. The van der Waals surface area contributed by atoms with Crippen LogP contribution in [0.15, 0.2) is 48.5 Å². The third kappa shape index (κ3) is 5.19.